The van der Waals surface area contributed by atoms with E-state index in [4.69, 9.17) is 0 Å². The van der Waals surface area contributed by atoms with Gasteiger partial charge in [-0.2, -0.15) is 13.2 Å². The van der Waals surface area contributed by atoms with E-state index in [1.807, 2.05) is 0 Å². The lowest BCUT2D eigenvalue weighted by atomic mass is 10.0. The number of alkyl halides is 3. The zero-order valence-corrected chi connectivity index (χ0v) is 9.68. The summed E-state index contributed by atoms with van der Waals surface area (Å²) in [5, 5.41) is 12.9. The molecule has 0 aromatic rings. The molecule has 1 fully saturated rings. The fourth-order valence-corrected chi connectivity index (χ4v) is 1.83. The lowest BCUT2D eigenvalue weighted by molar-refractivity contribution is -0.149. The van der Waals surface area contributed by atoms with Gasteiger partial charge in [0.25, 0.3) is 0 Å². The molecule has 1 unspecified atom stereocenters. The number of nitrogens with one attached hydrogen (secondary N) is 1. The highest BCUT2D eigenvalue weighted by atomic mass is 19.4. The molecule has 1 atom stereocenters. The molecule has 0 aromatic heterocycles. The third-order valence-corrected chi connectivity index (χ3v) is 2.80. The fraction of sp³-hybridized carbons (Fsp3) is 0.900. The van der Waals surface area contributed by atoms with Crippen LogP contribution in [0.4, 0.5) is 13.2 Å². The monoisotopic (exact) mass is 254 g/mol. The molecule has 1 heterocycles. The molecule has 4 nitrogen and oxygen atoms in total. The number of hydrogen-bond donors (Lipinski definition) is 2. The van der Waals surface area contributed by atoms with E-state index in [9.17, 15) is 23.1 Å². The number of halogens is 3. The molecule has 1 saturated heterocycles. The lowest BCUT2D eigenvalue weighted by Crippen LogP contribution is -2.45. The van der Waals surface area contributed by atoms with E-state index in [2.05, 4.69) is 5.32 Å². The lowest BCUT2D eigenvalue weighted by Gasteiger charge is -2.28. The third-order valence-electron chi connectivity index (χ3n) is 2.80. The summed E-state index contributed by atoms with van der Waals surface area (Å²) in [5.41, 5.74) is -1.01. The van der Waals surface area contributed by atoms with Crippen molar-refractivity contribution in [3.8, 4) is 0 Å². The normalized spacial score (nSPS) is 25.0. The highest BCUT2D eigenvalue weighted by Crippen LogP contribution is 2.22. The molecular formula is C10H17F3N2O2. The summed E-state index contributed by atoms with van der Waals surface area (Å²) in [4.78, 5) is 12.6. The largest absolute Gasteiger partial charge is 0.389 e. The van der Waals surface area contributed by atoms with E-state index < -0.39 is 30.5 Å². The van der Waals surface area contributed by atoms with E-state index in [0.717, 1.165) is 0 Å². The van der Waals surface area contributed by atoms with Crippen molar-refractivity contribution in [1.82, 2.24) is 10.2 Å². The second-order valence-electron chi connectivity index (χ2n) is 4.52. The smallest absolute Gasteiger partial charge is 0.387 e. The highest BCUT2D eigenvalue weighted by molar-refractivity contribution is 5.76. The average molecular weight is 254 g/mol. The number of β-amino-alcohol motifs (C(OH)–C–C–N with tert-alkyl or cyclic N) is 1. The van der Waals surface area contributed by atoms with Crippen LogP contribution < -0.4 is 5.32 Å². The maximum atomic E-state index is 11.9. The average Bonchev–Trinajstić information content (AvgIpc) is 2.60. The molecule has 0 radical (unpaired) electrons. The van der Waals surface area contributed by atoms with Crippen LogP contribution in [-0.4, -0.2) is 54.4 Å². The number of carbonyl (C=O) groups is 1. The van der Waals surface area contributed by atoms with Crippen LogP contribution >= 0.6 is 0 Å². The number of hydrogen-bond acceptors (Lipinski definition) is 3. The molecule has 1 rings (SSSR count). The zero-order valence-electron chi connectivity index (χ0n) is 9.68. The summed E-state index contributed by atoms with van der Waals surface area (Å²) in [5.74, 6) is -0.595. The minimum Gasteiger partial charge on any atom is -0.387 e. The number of rotatable bonds is 4. The Labute approximate surface area is 97.8 Å². The maximum Gasteiger partial charge on any atom is 0.389 e. The van der Waals surface area contributed by atoms with Gasteiger partial charge >= 0.3 is 6.18 Å². The maximum absolute atomic E-state index is 11.9. The highest BCUT2D eigenvalue weighted by Gasteiger charge is 2.34. The molecule has 2 N–H and O–H groups in total. The Morgan fingerprint density at radius 1 is 1.53 bits per heavy atom. The van der Waals surface area contributed by atoms with Crippen LogP contribution in [0, 0.1) is 0 Å². The van der Waals surface area contributed by atoms with Gasteiger partial charge in [-0.3, -0.25) is 4.79 Å². The summed E-state index contributed by atoms with van der Waals surface area (Å²) < 4.78 is 35.8. The van der Waals surface area contributed by atoms with Crippen molar-refractivity contribution in [2.24, 2.45) is 0 Å². The van der Waals surface area contributed by atoms with Crippen LogP contribution in [-0.2, 0) is 4.79 Å². The Kier molecular flexibility index (Phi) is 4.37. The van der Waals surface area contributed by atoms with Crippen LogP contribution in [0.2, 0.25) is 0 Å². The van der Waals surface area contributed by atoms with Gasteiger partial charge < -0.3 is 15.3 Å². The Bertz CT molecular complexity index is 275. The van der Waals surface area contributed by atoms with Crippen LogP contribution in [0.5, 0.6) is 0 Å². The van der Waals surface area contributed by atoms with Gasteiger partial charge in [0.05, 0.1) is 18.6 Å². The molecule has 1 amide bonds. The molecule has 17 heavy (non-hydrogen) atoms. The first-order valence-electron chi connectivity index (χ1n) is 5.46. The molecule has 1 aliphatic heterocycles. The van der Waals surface area contributed by atoms with Gasteiger partial charge in [-0.05, 0) is 13.0 Å². The summed E-state index contributed by atoms with van der Waals surface area (Å²) in [6.45, 7) is 1.08. The number of likely N-dealkylation sites (N-methyl/N-ethyl adjacent to an activating group) is 1. The second kappa shape index (κ2) is 5.22. The van der Waals surface area contributed by atoms with E-state index >= 15 is 0 Å². The van der Waals surface area contributed by atoms with Crippen LogP contribution in [0.1, 0.15) is 19.3 Å². The number of nitrogens with zero attached hydrogens (tertiary/aromatic N) is 1. The Balaban J connectivity index is 2.36. The van der Waals surface area contributed by atoms with E-state index in [1.165, 1.54) is 11.9 Å². The standard InChI is InChI=1S/C10H17F3N2O2/c1-15(7-9(17)4-5-14-6-9)8(16)2-3-10(11,12)13/h14,17H,2-7H2,1H3. The minimum absolute atomic E-state index is 0.0662. The molecule has 0 aliphatic carbocycles. The van der Waals surface area contributed by atoms with Crippen LogP contribution in [0.25, 0.3) is 0 Å². The molecule has 0 bridgehead atoms. The van der Waals surface area contributed by atoms with E-state index in [0.29, 0.717) is 19.5 Å². The van der Waals surface area contributed by atoms with E-state index in [1.54, 1.807) is 0 Å². The van der Waals surface area contributed by atoms with Gasteiger partial charge in [-0.15, -0.1) is 0 Å². The van der Waals surface area contributed by atoms with Gasteiger partial charge in [-0.1, -0.05) is 0 Å². The third kappa shape index (κ3) is 4.91. The van der Waals surface area contributed by atoms with Gasteiger partial charge in [0.15, 0.2) is 0 Å². The fourth-order valence-electron chi connectivity index (χ4n) is 1.83. The topological polar surface area (TPSA) is 52.6 Å². The Morgan fingerprint density at radius 2 is 2.18 bits per heavy atom. The summed E-state index contributed by atoms with van der Waals surface area (Å²) >= 11 is 0. The molecule has 0 aromatic carbocycles. The first-order chi connectivity index (χ1) is 7.72. The number of amides is 1. The molecule has 1 aliphatic rings. The molecule has 100 valence electrons. The molecule has 0 saturated carbocycles. The first-order valence-corrected chi connectivity index (χ1v) is 5.46. The predicted octanol–water partition coefficient (Wildman–Crippen LogP) is 0.512. The van der Waals surface area contributed by atoms with E-state index in [-0.39, 0.29) is 6.54 Å². The number of carbonyl (C=O) groups excluding carboxylic acids is 1. The Hall–Kier alpha value is -0.820. The van der Waals surface area contributed by atoms with Crippen molar-refractivity contribution in [3.05, 3.63) is 0 Å². The van der Waals surface area contributed by atoms with Gasteiger partial charge in [-0.25, -0.2) is 0 Å². The summed E-state index contributed by atoms with van der Waals surface area (Å²) in [6.07, 6.45) is -5.50. The summed E-state index contributed by atoms with van der Waals surface area (Å²) in [6, 6.07) is 0. The SMILES string of the molecule is CN(CC1(O)CCNC1)C(=O)CCC(F)(F)F. The second-order valence-corrected chi connectivity index (χ2v) is 4.52. The van der Waals surface area contributed by atoms with Crippen molar-refractivity contribution in [2.75, 3.05) is 26.7 Å². The van der Waals surface area contributed by atoms with Crippen molar-refractivity contribution in [2.45, 2.75) is 31.0 Å². The quantitative estimate of drug-likeness (QED) is 0.768. The van der Waals surface area contributed by atoms with Gasteiger partial charge in [0.1, 0.15) is 0 Å². The molecule has 7 heteroatoms. The minimum atomic E-state index is -4.32. The molecule has 0 spiro atoms. The Morgan fingerprint density at radius 3 is 2.65 bits per heavy atom. The van der Waals surface area contributed by atoms with Crippen LogP contribution in [0.3, 0.4) is 0 Å². The summed E-state index contributed by atoms with van der Waals surface area (Å²) in [7, 11) is 1.41. The van der Waals surface area contributed by atoms with Crippen molar-refractivity contribution in [3.63, 3.8) is 0 Å². The van der Waals surface area contributed by atoms with Gasteiger partial charge in [0, 0.05) is 20.0 Å². The van der Waals surface area contributed by atoms with Gasteiger partial charge in [0.2, 0.25) is 5.91 Å². The predicted molar refractivity (Wildman–Crippen MR) is 55.4 cm³/mol. The zero-order chi connectivity index (χ0) is 13.1. The first kappa shape index (κ1) is 14.2. The number of aliphatic hydroxyl groups is 1. The van der Waals surface area contributed by atoms with Crippen molar-refractivity contribution in [1.29, 1.82) is 0 Å². The van der Waals surface area contributed by atoms with Crippen LogP contribution in [0.15, 0.2) is 0 Å². The van der Waals surface area contributed by atoms with Crippen molar-refractivity contribution < 1.29 is 23.1 Å². The molecular weight excluding hydrogens is 237 g/mol. The van der Waals surface area contributed by atoms with Crippen molar-refractivity contribution >= 4 is 5.91 Å².